The molecule has 6 nitrogen and oxygen atoms in total. The smallest absolute Gasteiger partial charge is 0.243 e. The number of nitrogens with one attached hydrogen (secondary N) is 1. The Balaban J connectivity index is 2.02. The molecule has 0 bridgehead atoms. The van der Waals surface area contributed by atoms with Gasteiger partial charge < -0.3 is 10.1 Å². The summed E-state index contributed by atoms with van der Waals surface area (Å²) in [5, 5.41) is 2.88. The van der Waals surface area contributed by atoms with Gasteiger partial charge in [-0.05, 0) is 23.8 Å². The molecule has 2 aromatic carbocycles. The van der Waals surface area contributed by atoms with Crippen LogP contribution in [0.25, 0.3) is 0 Å². The third-order valence-corrected chi connectivity index (χ3v) is 5.62. The minimum Gasteiger partial charge on any atom is -0.495 e. The van der Waals surface area contributed by atoms with Gasteiger partial charge in [-0.25, -0.2) is 8.42 Å². The predicted molar refractivity (Wildman–Crippen MR) is 96.1 cm³/mol. The van der Waals surface area contributed by atoms with Crippen LogP contribution in [0.15, 0.2) is 53.4 Å². The summed E-state index contributed by atoms with van der Waals surface area (Å²) in [6, 6.07) is 13.5. The summed E-state index contributed by atoms with van der Waals surface area (Å²) in [5.74, 6) is -0.0154. The number of nitrogens with zero attached hydrogens (tertiary/aromatic N) is 1. The number of likely N-dealkylation sites (N-methyl/N-ethyl adjacent to an activating group) is 1. The summed E-state index contributed by atoms with van der Waals surface area (Å²) >= 11 is 5.98. The third-order valence-electron chi connectivity index (χ3n) is 3.53. The monoisotopic (exact) mass is 382 g/mol. The van der Waals surface area contributed by atoms with Gasteiger partial charge in [0.25, 0.3) is 0 Å². The lowest BCUT2D eigenvalue weighted by molar-refractivity contribution is -0.121. The number of ether oxygens (including phenoxy) is 1. The van der Waals surface area contributed by atoms with Crippen molar-refractivity contribution in [1.82, 2.24) is 9.62 Å². The van der Waals surface area contributed by atoms with Crippen LogP contribution in [-0.4, -0.2) is 39.3 Å². The Bertz CT molecular complexity index is 841. The third kappa shape index (κ3) is 4.94. The Morgan fingerprint density at radius 3 is 2.48 bits per heavy atom. The summed E-state index contributed by atoms with van der Waals surface area (Å²) in [4.78, 5) is 12.0. The zero-order valence-corrected chi connectivity index (χ0v) is 15.5. The van der Waals surface area contributed by atoms with E-state index in [4.69, 9.17) is 16.3 Å². The molecule has 8 heteroatoms. The van der Waals surface area contributed by atoms with Gasteiger partial charge in [0.15, 0.2) is 0 Å². The van der Waals surface area contributed by atoms with E-state index in [-0.39, 0.29) is 16.5 Å². The van der Waals surface area contributed by atoms with Gasteiger partial charge in [0.05, 0.1) is 23.6 Å². The molecule has 0 aliphatic carbocycles. The van der Waals surface area contributed by atoms with Crippen LogP contribution < -0.4 is 10.1 Å². The highest BCUT2D eigenvalue weighted by atomic mass is 35.5. The molecule has 0 aliphatic heterocycles. The van der Waals surface area contributed by atoms with Crippen LogP contribution in [0.2, 0.25) is 5.02 Å². The molecule has 1 amide bonds. The second-order valence-corrected chi connectivity index (χ2v) is 7.77. The first kappa shape index (κ1) is 19.2. The molecular formula is C17H19ClN2O4S. The number of halogens is 1. The average molecular weight is 383 g/mol. The zero-order valence-electron chi connectivity index (χ0n) is 13.9. The minimum absolute atomic E-state index is 0.00309. The van der Waals surface area contributed by atoms with Gasteiger partial charge in [-0.15, -0.1) is 0 Å². The molecular weight excluding hydrogens is 364 g/mol. The Morgan fingerprint density at radius 2 is 1.88 bits per heavy atom. The van der Waals surface area contributed by atoms with Gasteiger partial charge in [-0.2, -0.15) is 4.31 Å². The lowest BCUT2D eigenvalue weighted by Crippen LogP contribution is -2.38. The van der Waals surface area contributed by atoms with Crippen molar-refractivity contribution in [2.24, 2.45) is 0 Å². The lowest BCUT2D eigenvalue weighted by atomic mass is 10.2. The molecule has 134 valence electrons. The van der Waals surface area contributed by atoms with Gasteiger partial charge in [0, 0.05) is 13.6 Å². The summed E-state index contributed by atoms with van der Waals surface area (Å²) < 4.78 is 31.1. The number of sulfonamides is 1. The number of carbonyl (C=O) groups excluding carboxylic acids is 1. The van der Waals surface area contributed by atoms with Crippen LogP contribution in [0.5, 0.6) is 5.75 Å². The van der Waals surface area contributed by atoms with E-state index < -0.39 is 15.9 Å². The first-order chi connectivity index (χ1) is 11.8. The number of rotatable bonds is 7. The van der Waals surface area contributed by atoms with Gasteiger partial charge in [-0.3, -0.25) is 4.79 Å². The van der Waals surface area contributed by atoms with Crippen LogP contribution in [0.4, 0.5) is 0 Å². The van der Waals surface area contributed by atoms with Crippen LogP contribution >= 0.6 is 11.6 Å². The molecule has 0 fully saturated rings. The Hall–Kier alpha value is -2.09. The van der Waals surface area contributed by atoms with E-state index in [1.165, 1.54) is 32.4 Å². The summed E-state index contributed by atoms with van der Waals surface area (Å²) in [6.07, 6.45) is 0. The molecule has 0 heterocycles. The topological polar surface area (TPSA) is 75.7 Å². The van der Waals surface area contributed by atoms with Crippen molar-refractivity contribution >= 4 is 27.5 Å². The maximum atomic E-state index is 12.5. The van der Waals surface area contributed by atoms with E-state index >= 15 is 0 Å². The van der Waals surface area contributed by atoms with E-state index in [1.54, 1.807) is 0 Å². The normalized spacial score (nSPS) is 11.4. The van der Waals surface area contributed by atoms with Gasteiger partial charge in [0.2, 0.25) is 15.9 Å². The fourth-order valence-electron chi connectivity index (χ4n) is 2.13. The first-order valence-corrected chi connectivity index (χ1v) is 9.27. The van der Waals surface area contributed by atoms with Crippen molar-refractivity contribution in [3.8, 4) is 5.75 Å². The van der Waals surface area contributed by atoms with Crippen molar-refractivity contribution < 1.29 is 17.9 Å². The van der Waals surface area contributed by atoms with E-state index in [2.05, 4.69) is 5.32 Å². The molecule has 0 saturated heterocycles. The molecule has 0 atom stereocenters. The SMILES string of the molecule is COc1ccc(S(=O)(=O)N(C)CC(=O)NCc2ccccc2)cc1Cl. The van der Waals surface area contributed by atoms with E-state index in [0.29, 0.717) is 12.3 Å². The highest BCUT2D eigenvalue weighted by Crippen LogP contribution is 2.27. The molecule has 1 N–H and O–H groups in total. The molecule has 0 spiro atoms. The molecule has 0 saturated carbocycles. The Labute approximate surface area is 152 Å². The highest BCUT2D eigenvalue weighted by molar-refractivity contribution is 7.89. The average Bonchev–Trinajstić information content (AvgIpc) is 2.60. The van der Waals surface area contributed by atoms with Crippen LogP contribution in [-0.2, 0) is 21.4 Å². The lowest BCUT2D eigenvalue weighted by Gasteiger charge is -2.17. The Kier molecular flexibility index (Phi) is 6.41. The standard InChI is InChI=1S/C17H19ClN2O4S/c1-20(12-17(21)19-11-13-6-4-3-5-7-13)25(22,23)14-8-9-16(24-2)15(18)10-14/h3-10H,11-12H2,1-2H3,(H,19,21). The largest absolute Gasteiger partial charge is 0.495 e. The van der Waals surface area contributed by atoms with Crippen LogP contribution in [0.1, 0.15) is 5.56 Å². The van der Waals surface area contributed by atoms with Gasteiger partial charge in [0.1, 0.15) is 5.75 Å². The van der Waals surface area contributed by atoms with E-state index in [9.17, 15) is 13.2 Å². The number of hydrogen-bond acceptors (Lipinski definition) is 4. The minimum atomic E-state index is -3.83. The van der Waals surface area contributed by atoms with Crippen molar-refractivity contribution in [3.05, 3.63) is 59.1 Å². The molecule has 2 rings (SSSR count). The number of carbonyl (C=O) groups is 1. The maximum Gasteiger partial charge on any atom is 0.243 e. The molecule has 0 aromatic heterocycles. The van der Waals surface area contributed by atoms with Gasteiger partial charge in [-0.1, -0.05) is 41.9 Å². The molecule has 0 unspecified atom stereocenters. The van der Waals surface area contributed by atoms with Crippen molar-refractivity contribution in [2.45, 2.75) is 11.4 Å². The summed E-state index contributed by atoms with van der Waals surface area (Å²) in [5.41, 5.74) is 0.934. The van der Waals surface area contributed by atoms with Crippen molar-refractivity contribution in [3.63, 3.8) is 0 Å². The molecule has 2 aromatic rings. The fourth-order valence-corrected chi connectivity index (χ4v) is 3.60. The molecule has 25 heavy (non-hydrogen) atoms. The Morgan fingerprint density at radius 1 is 1.20 bits per heavy atom. The quantitative estimate of drug-likeness (QED) is 0.797. The van der Waals surface area contributed by atoms with Gasteiger partial charge >= 0.3 is 0 Å². The number of hydrogen-bond donors (Lipinski definition) is 1. The van der Waals surface area contributed by atoms with Crippen molar-refractivity contribution in [1.29, 1.82) is 0 Å². The highest BCUT2D eigenvalue weighted by Gasteiger charge is 2.23. The fraction of sp³-hybridized carbons (Fsp3) is 0.235. The first-order valence-electron chi connectivity index (χ1n) is 7.45. The number of methoxy groups -OCH3 is 1. The summed E-state index contributed by atoms with van der Waals surface area (Å²) in [7, 11) is -1.05. The van der Waals surface area contributed by atoms with E-state index in [1.807, 2.05) is 30.3 Å². The van der Waals surface area contributed by atoms with E-state index in [0.717, 1.165) is 9.87 Å². The maximum absolute atomic E-state index is 12.5. The second kappa shape index (κ2) is 8.33. The number of amides is 1. The molecule has 0 aliphatic rings. The second-order valence-electron chi connectivity index (χ2n) is 5.32. The van der Waals surface area contributed by atoms with Crippen LogP contribution in [0.3, 0.4) is 0 Å². The number of benzene rings is 2. The van der Waals surface area contributed by atoms with Crippen LogP contribution in [0, 0.1) is 0 Å². The predicted octanol–water partition coefficient (Wildman–Crippen LogP) is 2.29. The molecule has 0 radical (unpaired) electrons. The summed E-state index contributed by atoms with van der Waals surface area (Å²) in [6.45, 7) is 0.0424. The van der Waals surface area contributed by atoms with Crippen molar-refractivity contribution in [2.75, 3.05) is 20.7 Å². The zero-order chi connectivity index (χ0) is 18.4.